The summed E-state index contributed by atoms with van der Waals surface area (Å²) in [7, 11) is 0. The van der Waals surface area contributed by atoms with Gasteiger partial charge in [-0.15, -0.1) is 6.42 Å². The normalized spacial score (nSPS) is 11.6. The number of terminal acetylenes is 1. The highest BCUT2D eigenvalue weighted by Crippen LogP contribution is 2.16. The molecule has 0 aliphatic carbocycles. The number of carboxylic acids is 1. The number of halogens is 1. The maximum Gasteiger partial charge on any atom is 0.338 e. The second kappa shape index (κ2) is 5.12. The van der Waals surface area contributed by atoms with Crippen molar-refractivity contribution in [2.24, 2.45) is 0 Å². The lowest BCUT2D eigenvalue weighted by Gasteiger charge is -2.12. The molecule has 0 aliphatic heterocycles. The summed E-state index contributed by atoms with van der Waals surface area (Å²) in [6, 6.07) is 0.727. The third kappa shape index (κ3) is 2.48. The fourth-order valence-electron chi connectivity index (χ4n) is 1.14. The summed E-state index contributed by atoms with van der Waals surface area (Å²) in [6.07, 6.45) is 7.01. The summed E-state index contributed by atoms with van der Waals surface area (Å²) in [5.41, 5.74) is -0.427. The van der Waals surface area contributed by atoms with Crippen LogP contribution in [0.3, 0.4) is 0 Å². The van der Waals surface area contributed by atoms with Crippen molar-refractivity contribution in [1.29, 1.82) is 0 Å². The maximum absolute atomic E-state index is 13.6. The van der Waals surface area contributed by atoms with E-state index in [4.69, 9.17) is 11.5 Å². The molecule has 84 valence electrons. The zero-order chi connectivity index (χ0) is 12.1. The summed E-state index contributed by atoms with van der Waals surface area (Å²) in [5, 5.41) is 11.4. The first-order valence-electron chi connectivity index (χ1n) is 4.70. The molecule has 0 saturated heterocycles. The molecule has 1 unspecified atom stereocenters. The number of hydrogen-bond acceptors (Lipinski definition) is 3. The van der Waals surface area contributed by atoms with Crippen molar-refractivity contribution in [1.82, 2.24) is 4.98 Å². The Kier molecular flexibility index (Phi) is 3.84. The molecule has 1 heterocycles. The number of nitrogens with one attached hydrogen (secondary N) is 1. The highest BCUT2D eigenvalue weighted by Gasteiger charge is 2.16. The van der Waals surface area contributed by atoms with Crippen molar-refractivity contribution in [3.05, 3.63) is 23.6 Å². The van der Waals surface area contributed by atoms with Gasteiger partial charge in [0.05, 0.1) is 6.04 Å². The van der Waals surface area contributed by atoms with E-state index in [-0.39, 0.29) is 11.9 Å². The van der Waals surface area contributed by atoms with E-state index >= 15 is 0 Å². The number of aromatic nitrogens is 1. The number of nitrogens with zero attached hydrogens (tertiary/aromatic N) is 1. The first-order valence-corrected chi connectivity index (χ1v) is 4.70. The summed E-state index contributed by atoms with van der Waals surface area (Å²) in [4.78, 5) is 14.4. The van der Waals surface area contributed by atoms with Crippen LogP contribution in [-0.4, -0.2) is 22.1 Å². The van der Waals surface area contributed by atoms with E-state index in [9.17, 15) is 9.18 Å². The van der Waals surface area contributed by atoms with Gasteiger partial charge in [0, 0.05) is 6.20 Å². The lowest BCUT2D eigenvalue weighted by molar-refractivity contribution is 0.0692. The highest BCUT2D eigenvalue weighted by molar-refractivity contribution is 5.88. The first-order chi connectivity index (χ1) is 7.60. The molecular weight excluding hydrogens is 211 g/mol. The molecule has 16 heavy (non-hydrogen) atoms. The zero-order valence-electron chi connectivity index (χ0n) is 8.70. The highest BCUT2D eigenvalue weighted by atomic mass is 19.1. The molecule has 0 bridgehead atoms. The van der Waals surface area contributed by atoms with E-state index < -0.39 is 17.3 Å². The Morgan fingerprint density at radius 3 is 3.00 bits per heavy atom. The van der Waals surface area contributed by atoms with Crippen LogP contribution in [-0.2, 0) is 0 Å². The van der Waals surface area contributed by atoms with Crippen LogP contribution in [0.2, 0.25) is 0 Å². The van der Waals surface area contributed by atoms with E-state index in [1.165, 1.54) is 6.20 Å². The van der Waals surface area contributed by atoms with Crippen LogP contribution in [0, 0.1) is 18.2 Å². The summed E-state index contributed by atoms with van der Waals surface area (Å²) < 4.78 is 13.6. The van der Waals surface area contributed by atoms with Crippen molar-refractivity contribution in [2.45, 2.75) is 19.4 Å². The Labute approximate surface area is 92.5 Å². The number of carboxylic acid groups (broad SMARTS) is 1. The number of hydrogen-bond donors (Lipinski definition) is 2. The van der Waals surface area contributed by atoms with Crippen molar-refractivity contribution in [2.75, 3.05) is 5.32 Å². The second-order valence-corrected chi connectivity index (χ2v) is 3.10. The van der Waals surface area contributed by atoms with Gasteiger partial charge in [-0.2, -0.15) is 0 Å². The smallest absolute Gasteiger partial charge is 0.338 e. The van der Waals surface area contributed by atoms with Gasteiger partial charge in [0.1, 0.15) is 5.56 Å². The van der Waals surface area contributed by atoms with E-state index in [0.29, 0.717) is 6.42 Å². The topological polar surface area (TPSA) is 62.2 Å². The molecule has 5 heteroatoms. The first kappa shape index (κ1) is 12.0. The van der Waals surface area contributed by atoms with Gasteiger partial charge in [0.15, 0.2) is 11.6 Å². The summed E-state index contributed by atoms with van der Waals surface area (Å²) in [5.74, 6) is 0.0406. The molecular formula is C11H11FN2O2. The molecule has 1 atom stereocenters. The Morgan fingerprint density at radius 2 is 2.50 bits per heavy atom. The monoisotopic (exact) mass is 222 g/mol. The van der Waals surface area contributed by atoms with Gasteiger partial charge in [0.25, 0.3) is 0 Å². The minimum atomic E-state index is -1.34. The molecule has 0 radical (unpaired) electrons. The minimum absolute atomic E-state index is 0.135. The van der Waals surface area contributed by atoms with Crippen molar-refractivity contribution in [3.63, 3.8) is 0 Å². The van der Waals surface area contributed by atoms with Crippen LogP contribution in [0.5, 0.6) is 0 Å². The molecule has 4 nitrogen and oxygen atoms in total. The second-order valence-electron chi connectivity index (χ2n) is 3.10. The van der Waals surface area contributed by atoms with Crippen LogP contribution in [0.15, 0.2) is 12.3 Å². The molecule has 0 fully saturated rings. The van der Waals surface area contributed by atoms with E-state index in [1.54, 1.807) is 0 Å². The maximum atomic E-state index is 13.6. The summed E-state index contributed by atoms with van der Waals surface area (Å²) in [6.45, 7) is 1.83. The summed E-state index contributed by atoms with van der Waals surface area (Å²) >= 11 is 0. The fraction of sp³-hybridized carbons (Fsp3) is 0.273. The van der Waals surface area contributed by atoms with Gasteiger partial charge in [-0.3, -0.25) is 0 Å². The third-order valence-electron chi connectivity index (χ3n) is 2.04. The van der Waals surface area contributed by atoms with Crippen molar-refractivity contribution < 1.29 is 14.3 Å². The molecule has 1 rings (SSSR count). The predicted octanol–water partition coefficient (Wildman–Crippen LogP) is 1.74. The standard InChI is InChI=1S/C11H11FN2O2/c1-3-7(4-2)14-10-9(12)8(11(15)16)5-6-13-10/h1,5-7H,4H2,2H3,(H,13,14)(H,15,16). The van der Waals surface area contributed by atoms with Gasteiger partial charge < -0.3 is 10.4 Å². The van der Waals surface area contributed by atoms with Crippen LogP contribution in [0.4, 0.5) is 10.2 Å². The third-order valence-corrected chi connectivity index (χ3v) is 2.04. The number of pyridine rings is 1. The predicted molar refractivity (Wildman–Crippen MR) is 57.7 cm³/mol. The van der Waals surface area contributed by atoms with Crippen LogP contribution >= 0.6 is 0 Å². The number of carbonyl (C=O) groups is 1. The molecule has 2 N–H and O–H groups in total. The molecule has 1 aromatic heterocycles. The number of rotatable bonds is 4. The Morgan fingerprint density at radius 1 is 1.81 bits per heavy atom. The number of anilines is 1. The SMILES string of the molecule is C#CC(CC)Nc1nccc(C(=O)O)c1F. The minimum Gasteiger partial charge on any atom is -0.478 e. The molecule has 0 spiro atoms. The largest absolute Gasteiger partial charge is 0.478 e. The van der Waals surface area contributed by atoms with E-state index in [0.717, 1.165) is 6.07 Å². The molecule has 1 aromatic rings. The van der Waals surface area contributed by atoms with Crippen molar-refractivity contribution in [3.8, 4) is 12.3 Å². The lowest BCUT2D eigenvalue weighted by Crippen LogP contribution is -2.18. The van der Waals surface area contributed by atoms with Gasteiger partial charge in [-0.1, -0.05) is 12.8 Å². The molecule has 0 aliphatic rings. The molecule has 0 aromatic carbocycles. The Balaban J connectivity index is 3.02. The van der Waals surface area contributed by atoms with Gasteiger partial charge in [-0.25, -0.2) is 14.2 Å². The quantitative estimate of drug-likeness (QED) is 0.762. The van der Waals surface area contributed by atoms with E-state index in [1.807, 2.05) is 6.92 Å². The van der Waals surface area contributed by atoms with Crippen LogP contribution in [0.1, 0.15) is 23.7 Å². The van der Waals surface area contributed by atoms with Gasteiger partial charge >= 0.3 is 5.97 Å². The van der Waals surface area contributed by atoms with Gasteiger partial charge in [0.2, 0.25) is 0 Å². The molecule has 0 amide bonds. The Bertz CT molecular complexity index is 440. The average Bonchev–Trinajstić information content (AvgIpc) is 2.27. The molecule has 0 saturated carbocycles. The average molecular weight is 222 g/mol. The lowest BCUT2D eigenvalue weighted by atomic mass is 10.2. The fourth-order valence-corrected chi connectivity index (χ4v) is 1.14. The number of aromatic carboxylic acids is 1. The van der Waals surface area contributed by atoms with E-state index in [2.05, 4.69) is 16.2 Å². The van der Waals surface area contributed by atoms with Gasteiger partial charge in [-0.05, 0) is 12.5 Å². The van der Waals surface area contributed by atoms with Crippen LogP contribution in [0.25, 0.3) is 0 Å². The zero-order valence-corrected chi connectivity index (χ0v) is 8.70. The van der Waals surface area contributed by atoms with Crippen molar-refractivity contribution >= 4 is 11.8 Å². The van der Waals surface area contributed by atoms with Crippen LogP contribution < -0.4 is 5.32 Å². The Hall–Kier alpha value is -2.09.